The Kier molecular flexibility index (Phi) is 4.19. The molecule has 1 aromatic heterocycles. The number of hydrogen-bond donors (Lipinski definition) is 1. The van der Waals surface area contributed by atoms with E-state index in [1.165, 1.54) is 24.9 Å². The SMILES string of the molecule is Cl.c1cc(CNCC2CC2)ccn1. The molecule has 0 spiro atoms. The molecule has 1 N–H and O–H groups in total. The minimum atomic E-state index is 0. The highest BCUT2D eigenvalue weighted by atomic mass is 35.5. The second kappa shape index (κ2) is 5.20. The molecule has 1 fully saturated rings. The van der Waals surface area contributed by atoms with Crippen molar-refractivity contribution in [2.24, 2.45) is 5.92 Å². The van der Waals surface area contributed by atoms with Gasteiger partial charge in [-0.15, -0.1) is 12.4 Å². The van der Waals surface area contributed by atoms with Gasteiger partial charge >= 0.3 is 0 Å². The first-order chi connectivity index (χ1) is 5.95. The summed E-state index contributed by atoms with van der Waals surface area (Å²) < 4.78 is 0. The molecule has 1 aliphatic carbocycles. The van der Waals surface area contributed by atoms with Crippen molar-refractivity contribution in [2.75, 3.05) is 6.54 Å². The lowest BCUT2D eigenvalue weighted by molar-refractivity contribution is 0.638. The first-order valence-electron chi connectivity index (χ1n) is 4.55. The maximum Gasteiger partial charge on any atom is 0.0271 e. The molecule has 0 aromatic carbocycles. The van der Waals surface area contributed by atoms with Crippen molar-refractivity contribution >= 4 is 12.4 Å². The highest BCUT2D eigenvalue weighted by Crippen LogP contribution is 2.27. The van der Waals surface area contributed by atoms with Crippen LogP contribution in [0.15, 0.2) is 24.5 Å². The molecule has 2 nitrogen and oxygen atoms in total. The van der Waals surface area contributed by atoms with Crippen LogP contribution in [0.3, 0.4) is 0 Å². The van der Waals surface area contributed by atoms with Crippen LogP contribution in [0.2, 0.25) is 0 Å². The Morgan fingerprint density at radius 1 is 1.31 bits per heavy atom. The molecule has 0 amide bonds. The van der Waals surface area contributed by atoms with E-state index in [4.69, 9.17) is 0 Å². The van der Waals surface area contributed by atoms with E-state index in [0.29, 0.717) is 0 Å². The number of hydrogen-bond acceptors (Lipinski definition) is 2. The predicted molar refractivity (Wildman–Crippen MR) is 55.9 cm³/mol. The van der Waals surface area contributed by atoms with Crippen molar-refractivity contribution in [3.63, 3.8) is 0 Å². The molecule has 0 radical (unpaired) electrons. The van der Waals surface area contributed by atoms with E-state index >= 15 is 0 Å². The summed E-state index contributed by atoms with van der Waals surface area (Å²) in [5.41, 5.74) is 1.32. The van der Waals surface area contributed by atoms with Gasteiger partial charge in [0.05, 0.1) is 0 Å². The average molecular weight is 199 g/mol. The molecule has 0 atom stereocenters. The standard InChI is InChI=1S/C10H14N2.ClH/c1-2-9(1)7-12-8-10-3-5-11-6-4-10;/h3-6,9,12H,1-2,7-8H2;1H. The van der Waals surface area contributed by atoms with Gasteiger partial charge in [-0.3, -0.25) is 4.98 Å². The van der Waals surface area contributed by atoms with Gasteiger partial charge in [0, 0.05) is 18.9 Å². The van der Waals surface area contributed by atoms with Crippen LogP contribution in [0.5, 0.6) is 0 Å². The normalized spacial score (nSPS) is 15.1. The molecule has 1 heterocycles. The Hall–Kier alpha value is -0.600. The molecule has 2 rings (SSSR count). The van der Waals surface area contributed by atoms with Crippen molar-refractivity contribution in [1.29, 1.82) is 0 Å². The lowest BCUT2D eigenvalue weighted by Crippen LogP contribution is -2.15. The Morgan fingerprint density at radius 2 is 2.00 bits per heavy atom. The molecule has 0 saturated heterocycles. The molecule has 3 heteroatoms. The van der Waals surface area contributed by atoms with Gasteiger partial charge < -0.3 is 5.32 Å². The van der Waals surface area contributed by atoms with E-state index in [-0.39, 0.29) is 12.4 Å². The summed E-state index contributed by atoms with van der Waals surface area (Å²) in [7, 11) is 0. The van der Waals surface area contributed by atoms with Crippen LogP contribution in [0.4, 0.5) is 0 Å². The first kappa shape index (κ1) is 10.5. The smallest absolute Gasteiger partial charge is 0.0271 e. The molecule has 1 aromatic rings. The van der Waals surface area contributed by atoms with E-state index in [9.17, 15) is 0 Å². The highest BCUT2D eigenvalue weighted by Gasteiger charge is 2.19. The van der Waals surface area contributed by atoms with Crippen molar-refractivity contribution in [1.82, 2.24) is 10.3 Å². The Balaban J connectivity index is 0.000000845. The number of rotatable bonds is 4. The molecule has 0 aliphatic heterocycles. The van der Waals surface area contributed by atoms with Gasteiger partial charge in [-0.25, -0.2) is 0 Å². The Labute approximate surface area is 85.2 Å². The number of pyridine rings is 1. The minimum Gasteiger partial charge on any atom is -0.312 e. The fourth-order valence-electron chi connectivity index (χ4n) is 1.24. The van der Waals surface area contributed by atoms with Crippen LogP contribution < -0.4 is 5.32 Å². The van der Waals surface area contributed by atoms with E-state index < -0.39 is 0 Å². The third kappa shape index (κ3) is 3.75. The largest absolute Gasteiger partial charge is 0.312 e. The van der Waals surface area contributed by atoms with Crippen LogP contribution >= 0.6 is 12.4 Å². The second-order valence-electron chi connectivity index (χ2n) is 3.43. The van der Waals surface area contributed by atoms with Crippen LogP contribution in [-0.4, -0.2) is 11.5 Å². The second-order valence-corrected chi connectivity index (χ2v) is 3.43. The molecule has 1 saturated carbocycles. The third-order valence-corrected chi connectivity index (χ3v) is 2.21. The van der Waals surface area contributed by atoms with Gasteiger partial charge in [0.15, 0.2) is 0 Å². The van der Waals surface area contributed by atoms with Crippen molar-refractivity contribution in [3.05, 3.63) is 30.1 Å². The zero-order valence-corrected chi connectivity index (χ0v) is 8.39. The molecule has 13 heavy (non-hydrogen) atoms. The molecule has 0 bridgehead atoms. The zero-order valence-electron chi connectivity index (χ0n) is 7.57. The van der Waals surface area contributed by atoms with Gasteiger partial charge in [0.25, 0.3) is 0 Å². The van der Waals surface area contributed by atoms with E-state index in [1.54, 1.807) is 0 Å². The number of halogens is 1. The van der Waals surface area contributed by atoms with E-state index in [0.717, 1.165) is 12.5 Å². The van der Waals surface area contributed by atoms with Crippen LogP contribution in [-0.2, 0) is 6.54 Å². The topological polar surface area (TPSA) is 24.9 Å². The zero-order chi connectivity index (χ0) is 8.23. The lowest BCUT2D eigenvalue weighted by atomic mass is 10.2. The maximum absolute atomic E-state index is 3.97. The lowest BCUT2D eigenvalue weighted by Gasteiger charge is -2.02. The van der Waals surface area contributed by atoms with Gasteiger partial charge in [0.2, 0.25) is 0 Å². The van der Waals surface area contributed by atoms with Gasteiger partial charge in [-0.05, 0) is 43.0 Å². The number of nitrogens with zero attached hydrogens (tertiary/aromatic N) is 1. The molecular weight excluding hydrogens is 184 g/mol. The number of nitrogens with one attached hydrogen (secondary N) is 1. The molecular formula is C10H15ClN2. The summed E-state index contributed by atoms with van der Waals surface area (Å²) in [6.45, 7) is 2.17. The van der Waals surface area contributed by atoms with Gasteiger partial charge in [-0.1, -0.05) is 0 Å². The fourth-order valence-corrected chi connectivity index (χ4v) is 1.24. The Morgan fingerprint density at radius 3 is 2.62 bits per heavy atom. The number of aromatic nitrogens is 1. The van der Waals surface area contributed by atoms with E-state index in [2.05, 4.69) is 22.4 Å². The van der Waals surface area contributed by atoms with Crippen molar-refractivity contribution in [3.8, 4) is 0 Å². The van der Waals surface area contributed by atoms with Gasteiger partial charge in [0.1, 0.15) is 0 Å². The minimum absolute atomic E-state index is 0. The molecule has 1 aliphatic rings. The van der Waals surface area contributed by atoms with Crippen LogP contribution in [0.1, 0.15) is 18.4 Å². The van der Waals surface area contributed by atoms with E-state index in [1.807, 2.05) is 12.4 Å². The fraction of sp³-hybridized carbons (Fsp3) is 0.500. The summed E-state index contributed by atoms with van der Waals surface area (Å²) in [5.74, 6) is 0.965. The van der Waals surface area contributed by atoms with Crippen LogP contribution in [0.25, 0.3) is 0 Å². The summed E-state index contributed by atoms with van der Waals surface area (Å²) in [6, 6.07) is 4.11. The first-order valence-corrected chi connectivity index (χ1v) is 4.55. The monoisotopic (exact) mass is 198 g/mol. The summed E-state index contributed by atoms with van der Waals surface area (Å²) in [6.07, 6.45) is 6.52. The summed E-state index contributed by atoms with van der Waals surface area (Å²) in [4.78, 5) is 3.97. The highest BCUT2D eigenvalue weighted by molar-refractivity contribution is 5.85. The summed E-state index contributed by atoms with van der Waals surface area (Å²) in [5, 5.41) is 3.44. The molecule has 0 unspecified atom stereocenters. The quantitative estimate of drug-likeness (QED) is 0.801. The van der Waals surface area contributed by atoms with Crippen LogP contribution in [0, 0.1) is 5.92 Å². The summed E-state index contributed by atoms with van der Waals surface area (Å²) >= 11 is 0. The van der Waals surface area contributed by atoms with Gasteiger partial charge in [-0.2, -0.15) is 0 Å². The van der Waals surface area contributed by atoms with Crippen molar-refractivity contribution < 1.29 is 0 Å². The molecule has 72 valence electrons. The predicted octanol–water partition coefficient (Wildman–Crippen LogP) is 2.00. The third-order valence-electron chi connectivity index (χ3n) is 2.21. The Bertz CT molecular complexity index is 234. The van der Waals surface area contributed by atoms with Crippen molar-refractivity contribution in [2.45, 2.75) is 19.4 Å². The average Bonchev–Trinajstić information content (AvgIpc) is 2.90. The maximum atomic E-state index is 3.97.